The molecule has 6 nitrogen and oxygen atoms in total. The minimum absolute atomic E-state index is 0.0847. The number of rotatable bonds is 4. The fraction of sp³-hybridized carbons (Fsp3) is 0.462. The lowest BCUT2D eigenvalue weighted by atomic mass is 10.2. The van der Waals surface area contributed by atoms with Crippen molar-refractivity contribution in [1.29, 1.82) is 0 Å². The summed E-state index contributed by atoms with van der Waals surface area (Å²) >= 11 is 0. The highest BCUT2D eigenvalue weighted by atomic mass is 16.1. The molecule has 0 spiro atoms. The molecule has 0 bridgehead atoms. The zero-order chi connectivity index (χ0) is 14.0. The molecule has 0 radical (unpaired) electrons. The number of hydrogen-bond acceptors (Lipinski definition) is 4. The lowest BCUT2D eigenvalue weighted by Crippen LogP contribution is -2.29. The van der Waals surface area contributed by atoms with Crippen molar-refractivity contribution in [3.63, 3.8) is 0 Å². The maximum atomic E-state index is 12.0. The second-order valence-electron chi connectivity index (χ2n) is 4.83. The van der Waals surface area contributed by atoms with Crippen LogP contribution in [-0.4, -0.2) is 33.3 Å². The van der Waals surface area contributed by atoms with Crippen molar-refractivity contribution in [2.45, 2.75) is 26.3 Å². The Morgan fingerprint density at radius 3 is 3.00 bits per heavy atom. The van der Waals surface area contributed by atoms with E-state index < -0.39 is 0 Å². The quantitative estimate of drug-likeness (QED) is 0.850. The highest BCUT2D eigenvalue weighted by molar-refractivity contribution is 5.97. The van der Waals surface area contributed by atoms with Crippen LogP contribution in [-0.2, 0) is 7.05 Å². The summed E-state index contributed by atoms with van der Waals surface area (Å²) in [5.74, 6) is -0.127. The highest BCUT2D eigenvalue weighted by Gasteiger charge is 2.11. The summed E-state index contributed by atoms with van der Waals surface area (Å²) in [6.07, 6.45) is 2.33. The average molecular weight is 261 g/mol. The summed E-state index contributed by atoms with van der Waals surface area (Å²) in [5, 5.41) is 8.02. The summed E-state index contributed by atoms with van der Waals surface area (Å²) in [7, 11) is 1.84. The van der Waals surface area contributed by atoms with Crippen LogP contribution in [0, 0.1) is 6.92 Å². The van der Waals surface area contributed by atoms with Crippen LogP contribution in [0.1, 0.15) is 29.4 Å². The first-order valence-corrected chi connectivity index (χ1v) is 6.32. The summed E-state index contributed by atoms with van der Waals surface area (Å²) in [5.41, 5.74) is 7.84. The average Bonchev–Trinajstić information content (AvgIpc) is 2.64. The molecule has 1 unspecified atom stereocenters. The zero-order valence-corrected chi connectivity index (χ0v) is 11.5. The van der Waals surface area contributed by atoms with Gasteiger partial charge in [-0.05, 0) is 26.3 Å². The zero-order valence-electron chi connectivity index (χ0n) is 11.5. The van der Waals surface area contributed by atoms with Gasteiger partial charge in [0, 0.05) is 31.2 Å². The minimum Gasteiger partial charge on any atom is -0.352 e. The van der Waals surface area contributed by atoms with Crippen LogP contribution in [0.5, 0.6) is 0 Å². The number of nitrogens with one attached hydrogen (secondary N) is 1. The van der Waals surface area contributed by atoms with Crippen LogP contribution >= 0.6 is 0 Å². The van der Waals surface area contributed by atoms with E-state index in [0.29, 0.717) is 12.1 Å². The van der Waals surface area contributed by atoms with Crippen molar-refractivity contribution < 1.29 is 4.79 Å². The smallest absolute Gasteiger partial charge is 0.252 e. The van der Waals surface area contributed by atoms with E-state index in [2.05, 4.69) is 15.4 Å². The SMILES string of the molecule is Cc1nn(C)c2ncc(C(=O)NCCC(C)N)cc12. The molecule has 0 aliphatic rings. The Balaban J connectivity index is 2.16. The van der Waals surface area contributed by atoms with Gasteiger partial charge in [0.2, 0.25) is 0 Å². The van der Waals surface area contributed by atoms with E-state index in [1.54, 1.807) is 10.9 Å². The van der Waals surface area contributed by atoms with Crippen LogP contribution in [0.25, 0.3) is 11.0 Å². The number of nitrogens with two attached hydrogens (primary N) is 1. The summed E-state index contributed by atoms with van der Waals surface area (Å²) in [4.78, 5) is 16.2. The van der Waals surface area contributed by atoms with Gasteiger partial charge in [0.1, 0.15) is 0 Å². The Labute approximate surface area is 112 Å². The van der Waals surface area contributed by atoms with Crippen LogP contribution in [0.4, 0.5) is 0 Å². The van der Waals surface area contributed by atoms with Crippen molar-refractivity contribution in [2.75, 3.05) is 6.54 Å². The normalized spacial score (nSPS) is 12.6. The third-order valence-corrected chi connectivity index (χ3v) is 3.01. The maximum absolute atomic E-state index is 12.0. The van der Waals surface area contributed by atoms with Crippen molar-refractivity contribution in [1.82, 2.24) is 20.1 Å². The van der Waals surface area contributed by atoms with Crippen LogP contribution in [0.3, 0.4) is 0 Å². The number of aryl methyl sites for hydroxylation is 2. The van der Waals surface area contributed by atoms with Gasteiger partial charge in [0.15, 0.2) is 5.65 Å². The molecule has 2 heterocycles. The molecule has 0 fully saturated rings. The number of pyridine rings is 1. The molecule has 2 rings (SSSR count). The molecule has 3 N–H and O–H groups in total. The van der Waals surface area contributed by atoms with Gasteiger partial charge in [0.25, 0.3) is 5.91 Å². The molecule has 0 saturated heterocycles. The molecule has 2 aromatic rings. The number of amides is 1. The van der Waals surface area contributed by atoms with Crippen LogP contribution in [0.2, 0.25) is 0 Å². The van der Waals surface area contributed by atoms with E-state index in [-0.39, 0.29) is 11.9 Å². The Bertz CT molecular complexity index is 602. The van der Waals surface area contributed by atoms with Gasteiger partial charge in [-0.25, -0.2) is 4.98 Å². The van der Waals surface area contributed by atoms with E-state index in [1.807, 2.05) is 27.0 Å². The first kappa shape index (κ1) is 13.5. The number of carbonyl (C=O) groups excluding carboxylic acids is 1. The Kier molecular flexibility index (Phi) is 3.80. The number of nitrogens with zero attached hydrogens (tertiary/aromatic N) is 3. The van der Waals surface area contributed by atoms with Crippen molar-refractivity contribution in [3.05, 3.63) is 23.5 Å². The van der Waals surface area contributed by atoms with E-state index in [1.165, 1.54) is 0 Å². The molecule has 102 valence electrons. The predicted molar refractivity (Wildman–Crippen MR) is 73.8 cm³/mol. The third kappa shape index (κ3) is 2.90. The standard InChI is InChI=1S/C13H19N5O/c1-8(14)4-5-15-13(19)10-6-11-9(2)17-18(3)12(11)16-7-10/h6-8H,4-5,14H2,1-3H3,(H,15,19). The topological polar surface area (TPSA) is 85.8 Å². The van der Waals surface area contributed by atoms with Crippen molar-refractivity contribution in [2.24, 2.45) is 12.8 Å². The molecule has 1 atom stereocenters. The fourth-order valence-electron chi connectivity index (χ4n) is 1.95. The lowest BCUT2D eigenvalue weighted by Gasteiger charge is -2.07. The van der Waals surface area contributed by atoms with Gasteiger partial charge >= 0.3 is 0 Å². The lowest BCUT2D eigenvalue weighted by molar-refractivity contribution is 0.0952. The van der Waals surface area contributed by atoms with Crippen molar-refractivity contribution in [3.8, 4) is 0 Å². The maximum Gasteiger partial charge on any atom is 0.252 e. The fourth-order valence-corrected chi connectivity index (χ4v) is 1.95. The number of carbonyl (C=O) groups is 1. The summed E-state index contributed by atoms with van der Waals surface area (Å²) in [6.45, 7) is 4.39. The molecule has 0 saturated carbocycles. The largest absolute Gasteiger partial charge is 0.352 e. The van der Waals surface area contributed by atoms with Gasteiger partial charge < -0.3 is 11.1 Å². The molecular formula is C13H19N5O. The summed E-state index contributed by atoms with van der Waals surface area (Å²) < 4.78 is 1.71. The van der Waals surface area contributed by atoms with Gasteiger partial charge in [0.05, 0.1) is 11.3 Å². The molecule has 1 amide bonds. The van der Waals surface area contributed by atoms with Crippen LogP contribution in [0.15, 0.2) is 12.3 Å². The molecule has 2 aromatic heterocycles. The van der Waals surface area contributed by atoms with Crippen molar-refractivity contribution >= 4 is 16.9 Å². The van der Waals surface area contributed by atoms with Gasteiger partial charge in [-0.15, -0.1) is 0 Å². The molecule has 19 heavy (non-hydrogen) atoms. The van der Waals surface area contributed by atoms with E-state index >= 15 is 0 Å². The van der Waals surface area contributed by atoms with E-state index in [0.717, 1.165) is 23.1 Å². The van der Waals surface area contributed by atoms with E-state index in [4.69, 9.17) is 5.73 Å². The molecule has 0 aliphatic heterocycles. The van der Waals surface area contributed by atoms with Gasteiger partial charge in [-0.2, -0.15) is 5.10 Å². The van der Waals surface area contributed by atoms with Crippen LogP contribution < -0.4 is 11.1 Å². The Morgan fingerprint density at radius 2 is 2.32 bits per heavy atom. The highest BCUT2D eigenvalue weighted by Crippen LogP contribution is 2.16. The first-order valence-electron chi connectivity index (χ1n) is 6.32. The predicted octanol–water partition coefficient (Wildman–Crippen LogP) is 0.744. The second kappa shape index (κ2) is 5.36. The minimum atomic E-state index is -0.127. The Hall–Kier alpha value is -1.95. The first-order chi connectivity index (χ1) is 8.99. The molecule has 0 aliphatic carbocycles. The number of hydrogen-bond donors (Lipinski definition) is 2. The third-order valence-electron chi connectivity index (χ3n) is 3.01. The van der Waals surface area contributed by atoms with Gasteiger partial charge in [-0.3, -0.25) is 9.48 Å². The summed E-state index contributed by atoms with van der Waals surface area (Å²) in [6, 6.07) is 1.91. The molecular weight excluding hydrogens is 242 g/mol. The molecule has 6 heteroatoms. The number of fused-ring (bicyclic) bond motifs is 1. The Morgan fingerprint density at radius 1 is 1.58 bits per heavy atom. The van der Waals surface area contributed by atoms with Gasteiger partial charge in [-0.1, -0.05) is 0 Å². The monoisotopic (exact) mass is 261 g/mol. The molecule has 0 aromatic carbocycles. The second-order valence-corrected chi connectivity index (χ2v) is 4.83. The van der Waals surface area contributed by atoms with E-state index in [9.17, 15) is 4.79 Å². The number of aromatic nitrogens is 3.